The van der Waals surface area contributed by atoms with E-state index in [1.54, 1.807) is 31.7 Å². The normalized spacial score (nSPS) is 17.0. The van der Waals surface area contributed by atoms with E-state index < -0.39 is 24.0 Å². The van der Waals surface area contributed by atoms with E-state index in [1.165, 1.54) is 12.3 Å². The second-order valence-electron chi connectivity index (χ2n) is 6.64. The second kappa shape index (κ2) is 8.69. The van der Waals surface area contributed by atoms with Gasteiger partial charge in [0.05, 0.1) is 6.26 Å². The largest absolute Gasteiger partial charge is 0.459 e. The Hall–Kier alpha value is -2.31. The highest BCUT2D eigenvalue weighted by molar-refractivity contribution is 5.95. The summed E-state index contributed by atoms with van der Waals surface area (Å²) in [5.74, 6) is -1.36. The van der Waals surface area contributed by atoms with E-state index in [-0.39, 0.29) is 17.6 Å². The molecule has 2 rings (SSSR count). The lowest BCUT2D eigenvalue weighted by atomic mass is 10.0. The third-order valence-corrected chi connectivity index (χ3v) is 4.26. The zero-order valence-electron chi connectivity index (χ0n) is 15.0. The molecule has 1 N–H and O–H groups in total. The van der Waals surface area contributed by atoms with Crippen LogP contribution in [0.5, 0.6) is 0 Å². The Kier molecular flexibility index (Phi) is 6.61. The minimum absolute atomic E-state index is 0.121. The Morgan fingerprint density at radius 2 is 1.84 bits per heavy atom. The Balaban J connectivity index is 1.94. The molecule has 0 bridgehead atoms. The predicted octanol–water partition coefficient (Wildman–Crippen LogP) is 1.98. The first-order valence-corrected chi connectivity index (χ1v) is 8.73. The maximum Gasteiger partial charge on any atom is 0.329 e. The lowest BCUT2D eigenvalue weighted by molar-refractivity contribution is -0.161. The second-order valence-corrected chi connectivity index (χ2v) is 6.64. The summed E-state index contributed by atoms with van der Waals surface area (Å²) in [4.78, 5) is 38.7. The number of ether oxygens (including phenoxy) is 1. The third-order valence-electron chi connectivity index (χ3n) is 4.26. The van der Waals surface area contributed by atoms with E-state index in [0.29, 0.717) is 13.1 Å². The number of furan rings is 1. The molecule has 0 aliphatic carbocycles. The Morgan fingerprint density at radius 1 is 1.16 bits per heavy atom. The van der Waals surface area contributed by atoms with Gasteiger partial charge in [-0.25, -0.2) is 4.79 Å². The monoisotopic (exact) mass is 350 g/mol. The van der Waals surface area contributed by atoms with Crippen molar-refractivity contribution in [3.8, 4) is 0 Å². The van der Waals surface area contributed by atoms with Crippen LogP contribution in [0.2, 0.25) is 0 Å². The minimum atomic E-state index is -0.868. The molecule has 1 aromatic rings. The predicted molar refractivity (Wildman–Crippen MR) is 90.8 cm³/mol. The van der Waals surface area contributed by atoms with E-state index in [0.717, 1.165) is 19.3 Å². The van der Waals surface area contributed by atoms with E-state index in [1.807, 2.05) is 0 Å². The van der Waals surface area contributed by atoms with Crippen molar-refractivity contribution in [1.82, 2.24) is 10.2 Å². The van der Waals surface area contributed by atoms with Crippen LogP contribution in [0.15, 0.2) is 22.8 Å². The third kappa shape index (κ3) is 5.08. The van der Waals surface area contributed by atoms with Crippen LogP contribution in [0.1, 0.15) is 50.6 Å². The van der Waals surface area contributed by atoms with Crippen LogP contribution in [0.4, 0.5) is 0 Å². The van der Waals surface area contributed by atoms with Gasteiger partial charge < -0.3 is 19.4 Å². The molecule has 25 heavy (non-hydrogen) atoms. The summed E-state index contributed by atoms with van der Waals surface area (Å²) in [5.41, 5.74) is 0. The highest BCUT2D eigenvalue weighted by atomic mass is 16.5. The van der Waals surface area contributed by atoms with Crippen LogP contribution < -0.4 is 5.32 Å². The van der Waals surface area contributed by atoms with Crippen LogP contribution in [-0.4, -0.2) is 47.9 Å². The molecular formula is C18H26N2O5. The lowest BCUT2D eigenvalue weighted by Gasteiger charge is -2.30. The number of amides is 2. The van der Waals surface area contributed by atoms with Crippen molar-refractivity contribution in [1.29, 1.82) is 0 Å². The highest BCUT2D eigenvalue weighted by Gasteiger charge is 2.31. The number of esters is 1. The maximum absolute atomic E-state index is 12.4. The van der Waals surface area contributed by atoms with Gasteiger partial charge >= 0.3 is 5.97 Å². The Morgan fingerprint density at radius 3 is 2.40 bits per heavy atom. The van der Waals surface area contributed by atoms with E-state index >= 15 is 0 Å². The molecule has 0 spiro atoms. The number of carbonyl (C=O) groups is 3. The van der Waals surface area contributed by atoms with Gasteiger partial charge in [-0.2, -0.15) is 0 Å². The molecule has 1 aliphatic rings. The molecule has 1 aliphatic heterocycles. The summed E-state index contributed by atoms with van der Waals surface area (Å²) in [6.45, 7) is 6.56. The first-order valence-electron chi connectivity index (χ1n) is 8.73. The average molecular weight is 350 g/mol. The number of piperidine rings is 1. The molecule has 1 aromatic heterocycles. The van der Waals surface area contributed by atoms with Crippen LogP contribution in [0, 0.1) is 5.92 Å². The van der Waals surface area contributed by atoms with Gasteiger partial charge in [-0.05, 0) is 44.2 Å². The van der Waals surface area contributed by atoms with Crippen LogP contribution >= 0.6 is 0 Å². The molecule has 2 amide bonds. The minimum Gasteiger partial charge on any atom is -0.459 e. The van der Waals surface area contributed by atoms with Gasteiger partial charge in [0, 0.05) is 13.1 Å². The molecule has 7 nitrogen and oxygen atoms in total. The number of rotatable bonds is 6. The molecule has 2 atom stereocenters. The van der Waals surface area contributed by atoms with Crippen molar-refractivity contribution in [2.75, 3.05) is 13.1 Å². The summed E-state index contributed by atoms with van der Waals surface area (Å²) < 4.78 is 10.4. The number of hydrogen-bond donors (Lipinski definition) is 1. The fourth-order valence-corrected chi connectivity index (χ4v) is 2.79. The van der Waals surface area contributed by atoms with Crippen molar-refractivity contribution in [2.24, 2.45) is 5.92 Å². The number of nitrogens with one attached hydrogen (secondary N) is 1. The van der Waals surface area contributed by atoms with Gasteiger partial charge in [0.25, 0.3) is 11.8 Å². The first-order chi connectivity index (χ1) is 11.9. The molecule has 138 valence electrons. The van der Waals surface area contributed by atoms with Gasteiger partial charge in [-0.3, -0.25) is 9.59 Å². The molecular weight excluding hydrogens is 324 g/mol. The number of hydrogen-bond acceptors (Lipinski definition) is 5. The van der Waals surface area contributed by atoms with Crippen molar-refractivity contribution in [3.63, 3.8) is 0 Å². The zero-order chi connectivity index (χ0) is 18.4. The first kappa shape index (κ1) is 19.0. The summed E-state index contributed by atoms with van der Waals surface area (Å²) in [5, 5.41) is 2.61. The standard InChI is InChI=1S/C18H26N2O5/c1-12(2)15(19-16(21)14-8-7-11-24-14)18(23)25-13(3)17(22)20-9-5-4-6-10-20/h7-8,11-13,15H,4-6,9-10H2,1-3H3,(H,19,21). The van der Waals surface area contributed by atoms with Crippen molar-refractivity contribution >= 4 is 17.8 Å². The van der Waals surface area contributed by atoms with Crippen LogP contribution in [0.3, 0.4) is 0 Å². The molecule has 2 heterocycles. The molecule has 7 heteroatoms. The summed E-state index contributed by atoms with van der Waals surface area (Å²) in [6.07, 6.45) is 3.58. The molecule has 0 radical (unpaired) electrons. The van der Waals surface area contributed by atoms with Gasteiger partial charge in [-0.1, -0.05) is 13.8 Å². The topological polar surface area (TPSA) is 88.8 Å². The molecule has 0 aromatic carbocycles. The lowest BCUT2D eigenvalue weighted by Crippen LogP contribution is -2.48. The van der Waals surface area contributed by atoms with E-state index in [4.69, 9.17) is 9.15 Å². The zero-order valence-corrected chi connectivity index (χ0v) is 15.0. The molecule has 2 unspecified atom stereocenters. The van der Waals surface area contributed by atoms with Crippen molar-refractivity contribution in [3.05, 3.63) is 24.2 Å². The smallest absolute Gasteiger partial charge is 0.329 e. The Bertz CT molecular complexity index is 591. The number of likely N-dealkylation sites (tertiary alicyclic amines) is 1. The number of carbonyl (C=O) groups excluding carboxylic acids is 3. The fraction of sp³-hybridized carbons (Fsp3) is 0.611. The van der Waals surface area contributed by atoms with E-state index in [9.17, 15) is 14.4 Å². The highest BCUT2D eigenvalue weighted by Crippen LogP contribution is 2.13. The molecule has 1 fully saturated rings. The summed E-state index contributed by atoms with van der Waals surface area (Å²) in [7, 11) is 0. The summed E-state index contributed by atoms with van der Waals surface area (Å²) >= 11 is 0. The molecule has 0 saturated carbocycles. The van der Waals surface area contributed by atoms with Crippen LogP contribution in [0.25, 0.3) is 0 Å². The maximum atomic E-state index is 12.4. The van der Waals surface area contributed by atoms with Gasteiger partial charge in [0.15, 0.2) is 11.9 Å². The van der Waals surface area contributed by atoms with Gasteiger partial charge in [0.1, 0.15) is 6.04 Å². The fourth-order valence-electron chi connectivity index (χ4n) is 2.79. The van der Waals surface area contributed by atoms with Crippen LogP contribution in [-0.2, 0) is 14.3 Å². The molecule has 1 saturated heterocycles. The Labute approximate surface area is 147 Å². The van der Waals surface area contributed by atoms with Gasteiger partial charge in [-0.15, -0.1) is 0 Å². The summed E-state index contributed by atoms with van der Waals surface area (Å²) in [6, 6.07) is 2.26. The van der Waals surface area contributed by atoms with E-state index in [2.05, 4.69) is 5.32 Å². The van der Waals surface area contributed by atoms with Crippen molar-refractivity contribution in [2.45, 2.75) is 52.2 Å². The SMILES string of the molecule is CC(OC(=O)C(NC(=O)c1ccco1)C(C)C)C(=O)N1CCCCC1. The van der Waals surface area contributed by atoms with Gasteiger partial charge in [0.2, 0.25) is 0 Å². The quantitative estimate of drug-likeness (QED) is 0.793. The number of nitrogens with zero attached hydrogens (tertiary/aromatic N) is 1. The van der Waals surface area contributed by atoms with Crippen molar-refractivity contribution < 1.29 is 23.5 Å². The average Bonchev–Trinajstić information content (AvgIpc) is 3.13.